The molecule has 0 bridgehead atoms. The highest BCUT2D eigenvalue weighted by Crippen LogP contribution is 2.44. The molecule has 1 aliphatic heterocycles. The average molecular weight is 789 g/mol. The zero-order valence-corrected chi connectivity index (χ0v) is 33.7. The molecule has 12 nitrogen and oxygen atoms in total. The van der Waals surface area contributed by atoms with Crippen molar-refractivity contribution in [3.05, 3.63) is 125 Å². The van der Waals surface area contributed by atoms with Crippen LogP contribution in [0.2, 0.25) is 0 Å². The third-order valence-corrected chi connectivity index (χ3v) is 10.6. The van der Waals surface area contributed by atoms with Crippen LogP contribution in [0.4, 0.5) is 15.3 Å². The third kappa shape index (κ3) is 10.0. The van der Waals surface area contributed by atoms with Crippen LogP contribution in [0.15, 0.2) is 103 Å². The van der Waals surface area contributed by atoms with Crippen molar-refractivity contribution in [3.63, 3.8) is 0 Å². The van der Waals surface area contributed by atoms with Crippen LogP contribution in [0, 0.1) is 0 Å². The van der Waals surface area contributed by atoms with Crippen LogP contribution in [-0.2, 0) is 41.6 Å². The van der Waals surface area contributed by atoms with E-state index in [4.69, 9.17) is 14.2 Å². The number of likely N-dealkylation sites (tertiary alicyclic amines) is 1. The molecule has 0 aromatic heterocycles. The van der Waals surface area contributed by atoms with Gasteiger partial charge in [-0.05, 0) is 92.5 Å². The van der Waals surface area contributed by atoms with E-state index in [-0.39, 0.29) is 32.0 Å². The lowest BCUT2D eigenvalue weighted by Gasteiger charge is -2.33. The van der Waals surface area contributed by atoms with Gasteiger partial charge in [0.25, 0.3) is 0 Å². The number of carbonyl (C=O) groups is 5. The van der Waals surface area contributed by atoms with Crippen molar-refractivity contribution in [1.82, 2.24) is 15.5 Å². The summed E-state index contributed by atoms with van der Waals surface area (Å²) in [5, 5.41) is 8.35. The van der Waals surface area contributed by atoms with Gasteiger partial charge in [-0.25, -0.2) is 14.4 Å². The Morgan fingerprint density at radius 3 is 2.00 bits per heavy atom. The van der Waals surface area contributed by atoms with Crippen LogP contribution in [0.3, 0.4) is 0 Å². The van der Waals surface area contributed by atoms with Crippen LogP contribution in [0.25, 0.3) is 11.1 Å². The zero-order valence-electron chi connectivity index (χ0n) is 33.7. The number of ether oxygens (including phenoxy) is 3. The van der Waals surface area contributed by atoms with E-state index >= 15 is 0 Å². The molecule has 3 N–H and O–H groups in total. The minimum Gasteiger partial charge on any atom is -0.459 e. The monoisotopic (exact) mass is 788 g/mol. The molecule has 0 spiro atoms. The van der Waals surface area contributed by atoms with Crippen molar-refractivity contribution >= 4 is 35.7 Å². The molecule has 1 aliphatic carbocycles. The number of anilines is 1. The van der Waals surface area contributed by atoms with Gasteiger partial charge >= 0.3 is 18.2 Å². The van der Waals surface area contributed by atoms with Gasteiger partial charge in [0.2, 0.25) is 11.8 Å². The lowest BCUT2D eigenvalue weighted by atomic mass is 9.96. The van der Waals surface area contributed by atoms with Crippen LogP contribution in [0.1, 0.15) is 82.1 Å². The maximum atomic E-state index is 14.4. The van der Waals surface area contributed by atoms with Crippen molar-refractivity contribution in [2.75, 3.05) is 18.5 Å². The molecule has 58 heavy (non-hydrogen) atoms. The van der Waals surface area contributed by atoms with Gasteiger partial charge in [0.1, 0.15) is 36.4 Å². The second-order valence-electron chi connectivity index (χ2n) is 16.0. The van der Waals surface area contributed by atoms with E-state index in [0.717, 1.165) is 27.8 Å². The number of benzene rings is 4. The molecule has 4 amide bonds. The molecule has 0 unspecified atom stereocenters. The third-order valence-electron chi connectivity index (χ3n) is 10.6. The maximum absolute atomic E-state index is 14.4. The normalized spacial score (nSPS) is 16.2. The zero-order chi connectivity index (χ0) is 41.5. The molecule has 1 heterocycles. The van der Waals surface area contributed by atoms with Crippen molar-refractivity contribution in [2.24, 2.45) is 0 Å². The fraction of sp³-hybridized carbons (Fsp3) is 0.370. The van der Waals surface area contributed by atoms with E-state index in [1.807, 2.05) is 54.6 Å². The highest BCUT2D eigenvalue weighted by atomic mass is 16.6. The molecule has 0 saturated carbocycles. The maximum Gasteiger partial charge on any atom is 0.411 e. The Bertz CT molecular complexity index is 2070. The Morgan fingerprint density at radius 2 is 1.38 bits per heavy atom. The summed E-state index contributed by atoms with van der Waals surface area (Å²) in [6, 6.07) is 30.5. The first-order valence-corrected chi connectivity index (χ1v) is 19.8. The van der Waals surface area contributed by atoms with E-state index < -0.39 is 53.2 Å². The number of alkyl carbamates (subject to hydrolysis) is 1. The summed E-state index contributed by atoms with van der Waals surface area (Å²) >= 11 is 0. The van der Waals surface area contributed by atoms with Crippen molar-refractivity contribution in [2.45, 2.75) is 96.1 Å². The lowest BCUT2D eigenvalue weighted by Crippen LogP contribution is -2.61. The number of nitrogens with zero attached hydrogens (tertiary/aromatic N) is 1. The van der Waals surface area contributed by atoms with Crippen molar-refractivity contribution in [3.8, 4) is 11.1 Å². The number of carbonyl (C=O) groups excluding carboxylic acids is 5. The highest BCUT2D eigenvalue weighted by molar-refractivity contribution is 5.95. The molecular formula is C46H52N4O8. The van der Waals surface area contributed by atoms with Gasteiger partial charge in [-0.15, -0.1) is 0 Å². The average Bonchev–Trinajstić information content (AvgIpc) is 3.82. The standard InChI is InChI=1S/C46H52N4O8/c1-6-46(5,49-44(55)58-45(2,3)4)42(53)48-38(40(51)50-26-14-21-39(50)41(52)56-28-31-15-8-7-9-16-31)27-30-22-24-32(25-23-30)47-43(54)57-29-37-35-19-12-10-17-33(35)34-18-11-13-20-36(34)37/h7-13,15-20,22-25,37-39H,6,14,21,26-29H2,1-5H3,(H,47,54)(H,48,53)(H,49,55)/t38-,39+,46-/m0/s1. The number of esters is 1. The molecule has 1 fully saturated rings. The summed E-state index contributed by atoms with van der Waals surface area (Å²) in [5.74, 6) is -1.65. The van der Waals surface area contributed by atoms with Crippen LogP contribution in [0.5, 0.6) is 0 Å². The minimum atomic E-state index is -1.42. The second kappa shape index (κ2) is 18.0. The molecule has 3 atom stereocenters. The van der Waals surface area contributed by atoms with Gasteiger partial charge < -0.3 is 29.7 Å². The molecule has 304 valence electrons. The van der Waals surface area contributed by atoms with Gasteiger partial charge in [-0.1, -0.05) is 97.9 Å². The highest BCUT2D eigenvalue weighted by Gasteiger charge is 2.42. The van der Waals surface area contributed by atoms with Crippen LogP contribution in [-0.4, -0.2) is 71.2 Å². The molecule has 12 heteroatoms. The molecule has 4 aromatic rings. The number of fused-ring (bicyclic) bond motifs is 3. The van der Waals surface area contributed by atoms with E-state index in [0.29, 0.717) is 30.6 Å². The Kier molecular flexibility index (Phi) is 12.8. The van der Waals surface area contributed by atoms with Gasteiger partial charge in [0, 0.05) is 24.6 Å². The van der Waals surface area contributed by atoms with E-state index in [2.05, 4.69) is 40.2 Å². The second-order valence-corrected chi connectivity index (χ2v) is 16.0. The predicted octanol–water partition coefficient (Wildman–Crippen LogP) is 7.50. The number of nitrogens with one attached hydrogen (secondary N) is 3. The summed E-state index contributed by atoms with van der Waals surface area (Å²) in [5.41, 5.74) is 4.27. The van der Waals surface area contributed by atoms with E-state index in [9.17, 15) is 24.0 Å². The van der Waals surface area contributed by atoms with Gasteiger partial charge in [-0.3, -0.25) is 14.9 Å². The summed E-state index contributed by atoms with van der Waals surface area (Å²) < 4.78 is 16.8. The Labute approximate surface area is 339 Å². The lowest BCUT2D eigenvalue weighted by molar-refractivity contribution is -0.155. The summed E-state index contributed by atoms with van der Waals surface area (Å²) in [6.45, 7) is 9.02. The molecule has 2 aliphatic rings. The summed E-state index contributed by atoms with van der Waals surface area (Å²) in [4.78, 5) is 68.9. The minimum absolute atomic E-state index is 0.0598. The van der Waals surface area contributed by atoms with Crippen molar-refractivity contribution in [1.29, 1.82) is 0 Å². The van der Waals surface area contributed by atoms with Crippen LogP contribution >= 0.6 is 0 Å². The Morgan fingerprint density at radius 1 is 0.759 bits per heavy atom. The van der Waals surface area contributed by atoms with Gasteiger partial charge in [0.15, 0.2) is 0 Å². The SMILES string of the molecule is CC[C@](C)(NC(=O)OC(C)(C)C)C(=O)N[C@@H](Cc1ccc(NC(=O)OCC2c3ccccc3-c3ccccc32)cc1)C(=O)N1CCC[C@@H]1C(=O)OCc1ccccc1. The number of rotatable bonds is 13. The first kappa shape index (κ1) is 41.5. The molecule has 6 rings (SSSR count). The van der Waals surface area contributed by atoms with Gasteiger partial charge in [0.05, 0.1) is 0 Å². The molecule has 0 radical (unpaired) electrons. The molecular weight excluding hydrogens is 737 g/mol. The van der Waals surface area contributed by atoms with Crippen LogP contribution < -0.4 is 16.0 Å². The number of amides is 4. The molecule has 1 saturated heterocycles. The van der Waals surface area contributed by atoms with Crippen molar-refractivity contribution < 1.29 is 38.2 Å². The fourth-order valence-corrected chi connectivity index (χ4v) is 7.36. The Hall–Kier alpha value is -6.17. The molecule has 4 aromatic carbocycles. The summed E-state index contributed by atoms with van der Waals surface area (Å²) in [6.07, 6.45) is -0.109. The number of hydrogen-bond donors (Lipinski definition) is 3. The largest absolute Gasteiger partial charge is 0.459 e. The van der Waals surface area contributed by atoms with Gasteiger partial charge in [-0.2, -0.15) is 0 Å². The quantitative estimate of drug-likeness (QED) is 0.0931. The number of hydrogen-bond acceptors (Lipinski definition) is 8. The van der Waals surface area contributed by atoms with E-state index in [1.54, 1.807) is 58.9 Å². The first-order chi connectivity index (χ1) is 27.7. The first-order valence-electron chi connectivity index (χ1n) is 19.8. The fourth-order valence-electron chi connectivity index (χ4n) is 7.36. The topological polar surface area (TPSA) is 152 Å². The van der Waals surface area contributed by atoms with E-state index in [1.165, 1.54) is 4.90 Å². The smallest absolute Gasteiger partial charge is 0.411 e. The predicted molar refractivity (Wildman–Crippen MR) is 220 cm³/mol. The summed E-state index contributed by atoms with van der Waals surface area (Å²) in [7, 11) is 0. The Balaban J connectivity index is 1.14.